The van der Waals surface area contributed by atoms with E-state index in [9.17, 15) is 18.0 Å². The number of thiophene rings is 1. The fourth-order valence-corrected chi connectivity index (χ4v) is 7.28. The molecule has 15 heteroatoms. The average Bonchev–Trinajstić information content (AvgIpc) is 3.66. The molecule has 0 spiro atoms. The number of nitrogens with zero attached hydrogens (tertiary/aromatic N) is 5. The summed E-state index contributed by atoms with van der Waals surface area (Å²) in [6.45, 7) is 0.607. The normalized spacial score (nSPS) is 22.5. The van der Waals surface area contributed by atoms with Gasteiger partial charge in [-0.25, -0.2) is 4.39 Å². The first-order valence-corrected chi connectivity index (χ1v) is 14.2. The number of nitrogens with one attached hydrogen (secondary N) is 2. The van der Waals surface area contributed by atoms with Gasteiger partial charge in [0.1, 0.15) is 11.7 Å². The largest absolute Gasteiger partial charge is 0.479 e. The molecule has 1 unspecified atom stereocenters. The number of piperidine rings is 2. The fraction of sp³-hybridized carbons (Fsp3) is 0.481. The van der Waals surface area contributed by atoms with Gasteiger partial charge in [-0.3, -0.25) is 9.48 Å². The van der Waals surface area contributed by atoms with Crippen LogP contribution in [0.1, 0.15) is 34.7 Å². The summed E-state index contributed by atoms with van der Waals surface area (Å²) < 4.78 is 69.0. The summed E-state index contributed by atoms with van der Waals surface area (Å²) in [6, 6.07) is 4.45. The summed E-state index contributed by atoms with van der Waals surface area (Å²) >= 11 is 1.10. The average molecular weight is 608 g/mol. The number of rotatable bonds is 8. The highest BCUT2D eigenvalue weighted by molar-refractivity contribution is 7.23. The van der Waals surface area contributed by atoms with Crippen molar-refractivity contribution in [3.63, 3.8) is 0 Å². The van der Waals surface area contributed by atoms with E-state index in [0.29, 0.717) is 15.8 Å². The monoisotopic (exact) mass is 607 g/mol. The van der Waals surface area contributed by atoms with Crippen molar-refractivity contribution < 1.29 is 31.6 Å². The van der Waals surface area contributed by atoms with E-state index >= 15 is 4.39 Å². The maximum Gasteiger partial charge on any atom is 0.393 e. The number of carbonyl (C=O) groups excluding carboxylic acids is 1. The van der Waals surface area contributed by atoms with Gasteiger partial charge in [0.15, 0.2) is 0 Å². The molecule has 2 aliphatic heterocycles. The molecule has 3 aromatic heterocycles. The van der Waals surface area contributed by atoms with Gasteiger partial charge in [0.2, 0.25) is 17.6 Å². The lowest BCUT2D eigenvalue weighted by molar-refractivity contribution is -0.126. The molecule has 1 amide bonds. The molecule has 3 aliphatic rings. The van der Waals surface area contributed by atoms with Crippen LogP contribution in [0.2, 0.25) is 0 Å². The van der Waals surface area contributed by atoms with Gasteiger partial charge < -0.3 is 24.8 Å². The number of ether oxygens (including phenoxy) is 1. The van der Waals surface area contributed by atoms with Crippen LogP contribution in [-0.4, -0.2) is 75.9 Å². The standard InChI is InChI=1S/C27H29F4N7O3S/c1-37-11-13-7-8-18(37)20(28)21(13)33-17-6-4-5-14-15(9-27(29,30)31)23(42-22(14)17)24-34-19(41-36-24)10-32-25(39)16-12-38(2)35-26(16)40-3/h4-6,12-13,18,20-21,33H,7-11H2,1-3H3,(H,32,39)/t13?,18-,20+,21-/m1/s1. The molecule has 1 aliphatic carbocycles. The van der Waals surface area contributed by atoms with Crippen LogP contribution in [0, 0.1) is 5.92 Å². The van der Waals surface area contributed by atoms with Crippen molar-refractivity contribution in [3.05, 3.63) is 41.4 Å². The van der Waals surface area contributed by atoms with Gasteiger partial charge in [0, 0.05) is 25.8 Å². The molecule has 2 saturated heterocycles. The van der Waals surface area contributed by atoms with Crippen molar-refractivity contribution in [2.24, 2.45) is 13.0 Å². The molecular weight excluding hydrogens is 578 g/mol. The molecule has 1 aromatic carbocycles. The number of alkyl halides is 4. The molecule has 3 fully saturated rings. The first kappa shape index (κ1) is 28.4. The number of carbonyl (C=O) groups is 1. The van der Waals surface area contributed by atoms with Crippen LogP contribution in [0.15, 0.2) is 28.9 Å². The minimum atomic E-state index is -4.49. The van der Waals surface area contributed by atoms with Crippen molar-refractivity contribution in [1.29, 1.82) is 0 Å². The molecule has 10 nitrogen and oxygen atoms in total. The number of aryl methyl sites for hydroxylation is 1. The highest BCUT2D eigenvalue weighted by atomic mass is 32.1. The Morgan fingerprint density at radius 1 is 1.26 bits per heavy atom. The minimum Gasteiger partial charge on any atom is -0.479 e. The Morgan fingerprint density at radius 2 is 2.07 bits per heavy atom. The molecule has 224 valence electrons. The first-order chi connectivity index (χ1) is 20.0. The van der Waals surface area contributed by atoms with Gasteiger partial charge in [-0.2, -0.15) is 18.2 Å². The number of anilines is 1. The number of methoxy groups -OCH3 is 1. The van der Waals surface area contributed by atoms with Gasteiger partial charge in [-0.1, -0.05) is 17.3 Å². The summed E-state index contributed by atoms with van der Waals surface area (Å²) in [6.07, 6.45) is -3.60. The van der Waals surface area contributed by atoms with E-state index in [-0.39, 0.29) is 52.1 Å². The number of amides is 1. The number of hydrogen-bond donors (Lipinski definition) is 2. The smallest absolute Gasteiger partial charge is 0.393 e. The third kappa shape index (κ3) is 5.30. The summed E-state index contributed by atoms with van der Waals surface area (Å²) in [7, 11) is 4.96. The second-order valence-electron chi connectivity index (χ2n) is 10.8. The number of benzene rings is 1. The van der Waals surface area contributed by atoms with E-state index < -0.39 is 30.7 Å². The van der Waals surface area contributed by atoms with Crippen LogP contribution in [0.3, 0.4) is 0 Å². The Balaban J connectivity index is 1.29. The second kappa shape index (κ2) is 10.8. The Labute approximate surface area is 242 Å². The van der Waals surface area contributed by atoms with Gasteiger partial charge >= 0.3 is 6.18 Å². The lowest BCUT2D eigenvalue weighted by atomic mass is 9.75. The zero-order chi connectivity index (χ0) is 29.8. The van der Waals surface area contributed by atoms with E-state index in [1.54, 1.807) is 25.2 Å². The van der Waals surface area contributed by atoms with Gasteiger partial charge in [-0.15, -0.1) is 16.4 Å². The second-order valence-corrected chi connectivity index (χ2v) is 11.8. The summed E-state index contributed by atoms with van der Waals surface area (Å²) in [5.41, 5.74) is 0.797. The summed E-state index contributed by atoms with van der Waals surface area (Å²) in [4.78, 5) is 19.2. The van der Waals surface area contributed by atoms with E-state index in [1.807, 2.05) is 11.9 Å². The van der Waals surface area contributed by atoms with Crippen LogP contribution in [0.5, 0.6) is 5.88 Å². The zero-order valence-electron chi connectivity index (χ0n) is 23.0. The molecule has 5 heterocycles. The van der Waals surface area contributed by atoms with Crippen molar-refractivity contribution in [1.82, 2.24) is 30.1 Å². The molecule has 7 rings (SSSR count). The lowest BCUT2D eigenvalue weighted by Gasteiger charge is -2.50. The van der Waals surface area contributed by atoms with Crippen LogP contribution in [0.4, 0.5) is 23.2 Å². The molecule has 4 atom stereocenters. The van der Waals surface area contributed by atoms with Crippen LogP contribution < -0.4 is 15.4 Å². The van der Waals surface area contributed by atoms with Gasteiger partial charge in [-0.05, 0) is 42.8 Å². The quantitative estimate of drug-likeness (QED) is 0.281. The molecule has 4 aromatic rings. The van der Waals surface area contributed by atoms with E-state index in [1.165, 1.54) is 18.0 Å². The maximum atomic E-state index is 15.4. The number of aromatic nitrogens is 4. The topological polar surface area (TPSA) is 110 Å². The fourth-order valence-electron chi connectivity index (χ4n) is 6.06. The molecule has 2 N–H and O–H groups in total. The SMILES string of the molecule is COc1nn(C)cc1C(=O)NCc1nc(-c2sc3c(N[C@@H]4C5CC[C@H]([C@@H]4F)N(C)C5)cccc3c2CC(F)(F)F)no1. The zero-order valence-corrected chi connectivity index (χ0v) is 23.9. The summed E-state index contributed by atoms with van der Waals surface area (Å²) in [5.74, 6) is -0.270. The molecule has 0 radical (unpaired) electrons. The maximum absolute atomic E-state index is 15.4. The Kier molecular flexibility index (Phi) is 7.33. The predicted molar refractivity (Wildman–Crippen MR) is 147 cm³/mol. The first-order valence-electron chi connectivity index (χ1n) is 13.4. The van der Waals surface area contributed by atoms with Crippen LogP contribution in [-0.2, 0) is 20.0 Å². The lowest BCUT2D eigenvalue weighted by Crippen LogP contribution is -2.62. The molecule has 1 saturated carbocycles. The Hall–Kier alpha value is -3.72. The predicted octanol–water partition coefficient (Wildman–Crippen LogP) is 4.57. The summed E-state index contributed by atoms with van der Waals surface area (Å²) in [5, 5.41) is 14.3. The van der Waals surface area contributed by atoms with Crippen molar-refractivity contribution >= 4 is 33.0 Å². The Bertz CT molecular complexity index is 1610. The van der Waals surface area contributed by atoms with E-state index in [0.717, 1.165) is 30.7 Å². The van der Waals surface area contributed by atoms with Gasteiger partial charge in [0.05, 0.1) is 41.4 Å². The van der Waals surface area contributed by atoms with E-state index in [4.69, 9.17) is 9.26 Å². The number of fused-ring (bicyclic) bond motifs is 4. The Morgan fingerprint density at radius 3 is 2.79 bits per heavy atom. The van der Waals surface area contributed by atoms with Crippen LogP contribution in [0.25, 0.3) is 20.8 Å². The minimum absolute atomic E-state index is 0.0117. The van der Waals surface area contributed by atoms with Crippen LogP contribution >= 0.6 is 11.3 Å². The van der Waals surface area contributed by atoms with Gasteiger partial charge in [0.25, 0.3) is 5.91 Å². The third-order valence-electron chi connectivity index (χ3n) is 7.96. The van der Waals surface area contributed by atoms with Crippen molar-refractivity contribution in [3.8, 4) is 16.6 Å². The highest BCUT2D eigenvalue weighted by Gasteiger charge is 2.47. The molecule has 42 heavy (non-hydrogen) atoms. The molecule has 2 bridgehead atoms. The highest BCUT2D eigenvalue weighted by Crippen LogP contribution is 2.45. The number of halogens is 4. The third-order valence-corrected chi connectivity index (χ3v) is 9.24. The van der Waals surface area contributed by atoms with E-state index in [2.05, 4.69) is 25.9 Å². The van der Waals surface area contributed by atoms with Crippen molar-refractivity contribution in [2.75, 3.05) is 26.0 Å². The van der Waals surface area contributed by atoms with Crippen molar-refractivity contribution in [2.45, 2.75) is 50.2 Å². The number of hydrogen-bond acceptors (Lipinski definition) is 9. The molecular formula is C27H29F4N7O3S.